The zero-order valence-corrected chi connectivity index (χ0v) is 21.4. The molecule has 2 heterocycles. The SMILES string of the molecule is CC(C)CCN1C(=O)c2cc(-c3ccc(C(C)C)cc3)nn2C[C@]1(C)C(=O)NC1CCCCC1. The molecule has 0 radical (unpaired) electrons. The van der Waals surface area contributed by atoms with Crippen molar-refractivity contribution in [2.45, 2.75) is 97.2 Å². The summed E-state index contributed by atoms with van der Waals surface area (Å²) in [7, 11) is 0. The third-order valence-electron chi connectivity index (χ3n) is 7.53. The summed E-state index contributed by atoms with van der Waals surface area (Å²) in [6.45, 7) is 11.5. The first-order chi connectivity index (χ1) is 16.2. The van der Waals surface area contributed by atoms with Crippen LogP contribution in [0.5, 0.6) is 0 Å². The van der Waals surface area contributed by atoms with Gasteiger partial charge in [0, 0.05) is 18.2 Å². The van der Waals surface area contributed by atoms with Gasteiger partial charge in [0.1, 0.15) is 11.2 Å². The summed E-state index contributed by atoms with van der Waals surface area (Å²) in [4.78, 5) is 29.1. The molecule has 0 bridgehead atoms. The minimum atomic E-state index is -0.957. The smallest absolute Gasteiger partial charge is 0.273 e. The Labute approximate surface area is 204 Å². The van der Waals surface area contributed by atoms with Crippen molar-refractivity contribution >= 4 is 11.8 Å². The fraction of sp³-hybridized carbons (Fsp3) is 0.607. The van der Waals surface area contributed by atoms with Crippen LogP contribution in [0.25, 0.3) is 11.3 Å². The lowest BCUT2D eigenvalue weighted by atomic mass is 9.91. The maximum absolute atomic E-state index is 13.7. The second kappa shape index (κ2) is 9.93. The fourth-order valence-electron chi connectivity index (χ4n) is 5.15. The number of amides is 2. The molecule has 0 spiro atoms. The van der Waals surface area contributed by atoms with E-state index in [-0.39, 0.29) is 17.9 Å². The largest absolute Gasteiger partial charge is 0.351 e. The highest BCUT2D eigenvalue weighted by Gasteiger charge is 2.48. The molecule has 184 valence electrons. The summed E-state index contributed by atoms with van der Waals surface area (Å²) in [5.74, 6) is 0.746. The summed E-state index contributed by atoms with van der Waals surface area (Å²) in [6.07, 6.45) is 6.44. The molecule has 2 aromatic rings. The number of carbonyl (C=O) groups is 2. The van der Waals surface area contributed by atoms with Crippen LogP contribution in [0.15, 0.2) is 30.3 Å². The van der Waals surface area contributed by atoms with Gasteiger partial charge in [0.05, 0.1) is 12.2 Å². The average molecular weight is 465 g/mol. The summed E-state index contributed by atoms with van der Waals surface area (Å²) >= 11 is 0. The van der Waals surface area contributed by atoms with Crippen LogP contribution in [-0.2, 0) is 11.3 Å². The van der Waals surface area contributed by atoms with Crippen molar-refractivity contribution in [3.05, 3.63) is 41.6 Å². The number of aromatic nitrogens is 2. The Kier molecular flexibility index (Phi) is 7.15. The van der Waals surface area contributed by atoms with E-state index in [0.717, 1.165) is 43.4 Å². The fourth-order valence-corrected chi connectivity index (χ4v) is 5.15. The lowest BCUT2D eigenvalue weighted by molar-refractivity contribution is -0.134. The molecule has 1 saturated carbocycles. The minimum absolute atomic E-state index is 0.0551. The second-order valence-corrected chi connectivity index (χ2v) is 11.1. The molecule has 1 aliphatic heterocycles. The molecule has 0 saturated heterocycles. The molecule has 6 nitrogen and oxygen atoms in total. The number of hydrogen-bond donors (Lipinski definition) is 1. The number of benzene rings is 1. The zero-order chi connectivity index (χ0) is 24.5. The molecule has 1 N–H and O–H groups in total. The van der Waals surface area contributed by atoms with E-state index in [9.17, 15) is 9.59 Å². The van der Waals surface area contributed by atoms with E-state index in [0.29, 0.717) is 30.6 Å². The monoisotopic (exact) mass is 464 g/mol. The summed E-state index contributed by atoms with van der Waals surface area (Å²) in [5.41, 5.74) is 2.65. The van der Waals surface area contributed by atoms with E-state index in [1.165, 1.54) is 12.0 Å². The van der Waals surface area contributed by atoms with Gasteiger partial charge in [0.25, 0.3) is 5.91 Å². The third-order valence-corrected chi connectivity index (χ3v) is 7.53. The average Bonchev–Trinajstić information content (AvgIpc) is 3.23. The first-order valence-corrected chi connectivity index (χ1v) is 13.0. The predicted molar refractivity (Wildman–Crippen MR) is 136 cm³/mol. The highest BCUT2D eigenvalue weighted by Crippen LogP contribution is 2.32. The van der Waals surface area contributed by atoms with Crippen LogP contribution in [0.3, 0.4) is 0 Å². The number of nitrogens with zero attached hydrogens (tertiary/aromatic N) is 3. The lowest BCUT2D eigenvalue weighted by Gasteiger charge is -2.44. The van der Waals surface area contributed by atoms with Crippen LogP contribution in [0.4, 0.5) is 0 Å². The standard InChI is InChI=1S/C28H40N4O2/c1-19(2)15-16-31-26(33)25-17-24(22-13-11-21(12-14-22)20(3)4)30-32(25)18-28(31,5)27(34)29-23-9-7-6-8-10-23/h11-14,17,19-20,23H,6-10,15-16,18H2,1-5H3,(H,29,34)/t28-/m1/s1. The second-order valence-electron chi connectivity index (χ2n) is 11.1. The summed E-state index contributed by atoms with van der Waals surface area (Å²) in [6, 6.07) is 10.5. The number of fused-ring (bicyclic) bond motifs is 1. The first kappa shape index (κ1) is 24.5. The van der Waals surface area contributed by atoms with Gasteiger partial charge in [-0.3, -0.25) is 14.3 Å². The van der Waals surface area contributed by atoms with Gasteiger partial charge in [-0.1, -0.05) is 71.2 Å². The van der Waals surface area contributed by atoms with Crippen molar-refractivity contribution in [1.29, 1.82) is 0 Å². The molecule has 1 fully saturated rings. The molecular formula is C28H40N4O2. The maximum atomic E-state index is 13.7. The molecule has 2 aliphatic rings. The molecule has 34 heavy (non-hydrogen) atoms. The van der Waals surface area contributed by atoms with E-state index < -0.39 is 5.54 Å². The van der Waals surface area contributed by atoms with Crippen molar-refractivity contribution in [2.24, 2.45) is 5.92 Å². The van der Waals surface area contributed by atoms with E-state index >= 15 is 0 Å². The van der Waals surface area contributed by atoms with Crippen LogP contribution in [-0.4, -0.2) is 44.6 Å². The van der Waals surface area contributed by atoms with Crippen molar-refractivity contribution in [1.82, 2.24) is 20.0 Å². The van der Waals surface area contributed by atoms with E-state index in [4.69, 9.17) is 5.10 Å². The Morgan fingerprint density at radius 1 is 1.12 bits per heavy atom. The molecule has 4 rings (SSSR count). The van der Waals surface area contributed by atoms with E-state index in [1.807, 2.05) is 13.0 Å². The maximum Gasteiger partial charge on any atom is 0.273 e. The van der Waals surface area contributed by atoms with Crippen molar-refractivity contribution < 1.29 is 9.59 Å². The van der Waals surface area contributed by atoms with Crippen LogP contribution in [0.1, 0.15) is 95.1 Å². The topological polar surface area (TPSA) is 67.2 Å². The summed E-state index contributed by atoms with van der Waals surface area (Å²) < 4.78 is 1.75. The number of carbonyl (C=O) groups excluding carboxylic acids is 2. The van der Waals surface area contributed by atoms with Gasteiger partial charge in [-0.05, 0) is 49.7 Å². The van der Waals surface area contributed by atoms with Gasteiger partial charge in [-0.15, -0.1) is 0 Å². The Balaban J connectivity index is 1.64. The van der Waals surface area contributed by atoms with Crippen LogP contribution in [0, 0.1) is 5.92 Å². The van der Waals surface area contributed by atoms with Gasteiger partial charge in [-0.2, -0.15) is 5.10 Å². The highest BCUT2D eigenvalue weighted by atomic mass is 16.2. The Bertz CT molecular complexity index is 1020. The van der Waals surface area contributed by atoms with E-state index in [2.05, 4.69) is 57.3 Å². The zero-order valence-electron chi connectivity index (χ0n) is 21.4. The highest BCUT2D eigenvalue weighted by molar-refractivity contribution is 6.00. The third kappa shape index (κ3) is 4.91. The quantitative estimate of drug-likeness (QED) is 0.598. The predicted octanol–water partition coefficient (Wildman–Crippen LogP) is 5.38. The lowest BCUT2D eigenvalue weighted by Crippen LogP contribution is -2.65. The molecule has 1 aromatic heterocycles. The number of nitrogens with one attached hydrogen (secondary N) is 1. The van der Waals surface area contributed by atoms with Crippen LogP contribution < -0.4 is 5.32 Å². The molecule has 1 aliphatic carbocycles. The number of hydrogen-bond acceptors (Lipinski definition) is 3. The molecular weight excluding hydrogens is 424 g/mol. The van der Waals surface area contributed by atoms with Gasteiger partial charge >= 0.3 is 0 Å². The normalized spacial score (nSPS) is 21.3. The van der Waals surface area contributed by atoms with Gasteiger partial charge in [-0.25, -0.2) is 0 Å². The van der Waals surface area contributed by atoms with Crippen LogP contribution >= 0.6 is 0 Å². The Morgan fingerprint density at radius 3 is 2.41 bits per heavy atom. The molecule has 1 aromatic carbocycles. The van der Waals surface area contributed by atoms with Gasteiger partial charge in [0.15, 0.2) is 0 Å². The number of rotatable bonds is 7. The minimum Gasteiger partial charge on any atom is -0.351 e. The molecule has 0 unspecified atom stereocenters. The first-order valence-electron chi connectivity index (χ1n) is 13.0. The molecule has 2 amide bonds. The van der Waals surface area contributed by atoms with Crippen molar-refractivity contribution in [3.63, 3.8) is 0 Å². The summed E-state index contributed by atoms with van der Waals surface area (Å²) in [5, 5.41) is 8.07. The molecule has 1 atom stereocenters. The van der Waals surface area contributed by atoms with Gasteiger partial charge in [0.2, 0.25) is 5.91 Å². The van der Waals surface area contributed by atoms with Crippen LogP contribution in [0.2, 0.25) is 0 Å². The van der Waals surface area contributed by atoms with Gasteiger partial charge < -0.3 is 10.2 Å². The molecule has 6 heteroatoms. The van der Waals surface area contributed by atoms with Crippen molar-refractivity contribution in [3.8, 4) is 11.3 Å². The Morgan fingerprint density at radius 2 is 1.79 bits per heavy atom. The van der Waals surface area contributed by atoms with E-state index in [1.54, 1.807) is 9.58 Å². The van der Waals surface area contributed by atoms with Crippen molar-refractivity contribution in [2.75, 3.05) is 6.54 Å². The Hall–Kier alpha value is -2.63.